The van der Waals surface area contributed by atoms with E-state index in [1.54, 1.807) is 0 Å². The molecule has 1 aliphatic heterocycles. The van der Waals surface area contributed by atoms with Gasteiger partial charge in [0.05, 0.1) is 19.8 Å². The Bertz CT molecular complexity index is 218. The fourth-order valence-corrected chi connectivity index (χ4v) is 3.12. The lowest BCUT2D eigenvalue weighted by atomic mass is 9.97. The van der Waals surface area contributed by atoms with E-state index in [1.807, 2.05) is 0 Å². The molecule has 1 heterocycles. The summed E-state index contributed by atoms with van der Waals surface area (Å²) >= 11 is 5.22. The Kier molecular flexibility index (Phi) is 4.12. The summed E-state index contributed by atoms with van der Waals surface area (Å²) in [6.07, 6.45) is 0. The van der Waals surface area contributed by atoms with Crippen molar-refractivity contribution in [1.29, 1.82) is 0 Å². The third kappa shape index (κ3) is 3.95. The van der Waals surface area contributed by atoms with Crippen LogP contribution in [0.3, 0.4) is 0 Å². The van der Waals surface area contributed by atoms with Crippen LogP contribution in [0.4, 0.5) is 0 Å². The van der Waals surface area contributed by atoms with Crippen molar-refractivity contribution in [3.8, 4) is 0 Å². The molecule has 0 radical (unpaired) electrons. The SMILES string of the molecule is CC(C)COP1(=S)OCC(C)(C)CO1. The van der Waals surface area contributed by atoms with Crippen molar-refractivity contribution in [2.75, 3.05) is 19.8 Å². The Labute approximate surface area is 91.4 Å². The summed E-state index contributed by atoms with van der Waals surface area (Å²) in [5, 5.41) is 0. The molecular weight excluding hydrogens is 219 g/mol. The molecule has 0 bridgehead atoms. The maximum Gasteiger partial charge on any atom is 0.327 e. The molecule has 0 unspecified atom stereocenters. The molecule has 1 saturated heterocycles. The molecule has 1 rings (SSSR count). The average molecular weight is 238 g/mol. The van der Waals surface area contributed by atoms with Crippen LogP contribution in [0, 0.1) is 11.3 Å². The van der Waals surface area contributed by atoms with E-state index in [0.29, 0.717) is 25.7 Å². The van der Waals surface area contributed by atoms with Crippen molar-refractivity contribution in [2.45, 2.75) is 27.7 Å². The van der Waals surface area contributed by atoms with Crippen LogP contribution in [0.1, 0.15) is 27.7 Å². The third-order valence-corrected chi connectivity index (χ3v) is 4.10. The van der Waals surface area contributed by atoms with Crippen molar-refractivity contribution in [3.63, 3.8) is 0 Å². The highest BCUT2D eigenvalue weighted by atomic mass is 32.5. The predicted octanol–water partition coefficient (Wildman–Crippen LogP) is 2.96. The van der Waals surface area contributed by atoms with Crippen LogP contribution in [0.25, 0.3) is 0 Å². The summed E-state index contributed by atoms with van der Waals surface area (Å²) in [6, 6.07) is 0. The summed E-state index contributed by atoms with van der Waals surface area (Å²) < 4.78 is 16.5. The minimum absolute atomic E-state index is 0.0590. The van der Waals surface area contributed by atoms with E-state index in [1.165, 1.54) is 0 Å². The lowest BCUT2D eigenvalue weighted by Crippen LogP contribution is -2.30. The van der Waals surface area contributed by atoms with E-state index in [9.17, 15) is 0 Å². The molecule has 84 valence electrons. The largest absolute Gasteiger partial charge is 0.327 e. The molecule has 3 nitrogen and oxygen atoms in total. The Morgan fingerprint density at radius 3 is 2.29 bits per heavy atom. The van der Waals surface area contributed by atoms with E-state index in [4.69, 9.17) is 25.4 Å². The van der Waals surface area contributed by atoms with Gasteiger partial charge in [-0.2, -0.15) is 0 Å². The van der Waals surface area contributed by atoms with Crippen molar-refractivity contribution >= 4 is 18.5 Å². The van der Waals surface area contributed by atoms with Gasteiger partial charge in [-0.25, -0.2) is 0 Å². The minimum Gasteiger partial charge on any atom is -0.308 e. The average Bonchev–Trinajstić information content (AvgIpc) is 2.08. The predicted molar refractivity (Wildman–Crippen MR) is 60.8 cm³/mol. The van der Waals surface area contributed by atoms with Gasteiger partial charge in [-0.15, -0.1) is 0 Å². The Balaban J connectivity index is 2.42. The van der Waals surface area contributed by atoms with Crippen LogP contribution in [0.2, 0.25) is 0 Å². The zero-order chi connectivity index (χ0) is 10.8. The maximum absolute atomic E-state index is 5.51. The van der Waals surface area contributed by atoms with E-state index in [2.05, 4.69) is 27.7 Å². The van der Waals surface area contributed by atoms with Crippen LogP contribution < -0.4 is 0 Å². The van der Waals surface area contributed by atoms with Gasteiger partial charge in [0.25, 0.3) is 0 Å². The quantitative estimate of drug-likeness (QED) is 0.706. The van der Waals surface area contributed by atoms with Gasteiger partial charge in [0.1, 0.15) is 0 Å². The Hall–Kier alpha value is 0.530. The van der Waals surface area contributed by atoms with Gasteiger partial charge >= 0.3 is 6.72 Å². The number of rotatable bonds is 3. The number of hydrogen-bond donors (Lipinski definition) is 0. The molecule has 0 N–H and O–H groups in total. The van der Waals surface area contributed by atoms with E-state index >= 15 is 0 Å². The standard InChI is InChI=1S/C9H19O3PS/c1-8(2)5-10-13(14)11-6-9(3,4)7-12-13/h8H,5-7H2,1-4H3. The highest BCUT2D eigenvalue weighted by molar-refractivity contribution is 8.07. The molecule has 0 aromatic carbocycles. The lowest BCUT2D eigenvalue weighted by Gasteiger charge is -2.35. The summed E-state index contributed by atoms with van der Waals surface area (Å²) in [5.74, 6) is 0.456. The van der Waals surface area contributed by atoms with Crippen molar-refractivity contribution in [1.82, 2.24) is 0 Å². The zero-order valence-electron chi connectivity index (χ0n) is 9.28. The molecule has 5 heteroatoms. The summed E-state index contributed by atoms with van der Waals surface area (Å²) in [5.41, 5.74) is 0.0590. The van der Waals surface area contributed by atoms with Crippen molar-refractivity contribution in [3.05, 3.63) is 0 Å². The summed E-state index contributed by atoms with van der Waals surface area (Å²) in [4.78, 5) is 0. The van der Waals surface area contributed by atoms with Crippen LogP contribution in [-0.2, 0) is 25.4 Å². The molecule has 0 spiro atoms. The topological polar surface area (TPSA) is 27.7 Å². The van der Waals surface area contributed by atoms with Gasteiger partial charge in [-0.05, 0) is 17.7 Å². The Morgan fingerprint density at radius 2 is 1.86 bits per heavy atom. The highest BCUT2D eigenvalue weighted by Gasteiger charge is 2.34. The molecule has 0 saturated carbocycles. The smallest absolute Gasteiger partial charge is 0.308 e. The van der Waals surface area contributed by atoms with Crippen molar-refractivity contribution < 1.29 is 13.6 Å². The second-order valence-electron chi connectivity index (χ2n) is 4.85. The Morgan fingerprint density at radius 1 is 1.36 bits per heavy atom. The molecule has 0 aromatic rings. The molecule has 0 atom stereocenters. The fraction of sp³-hybridized carbons (Fsp3) is 1.00. The zero-order valence-corrected chi connectivity index (χ0v) is 11.0. The molecule has 1 aliphatic rings. The minimum atomic E-state index is -2.41. The normalized spacial score (nSPS) is 25.2. The van der Waals surface area contributed by atoms with E-state index < -0.39 is 6.72 Å². The third-order valence-electron chi connectivity index (χ3n) is 1.79. The fourth-order valence-electron chi connectivity index (χ4n) is 0.901. The first-order valence-corrected chi connectivity index (χ1v) is 7.42. The van der Waals surface area contributed by atoms with Crippen molar-refractivity contribution in [2.24, 2.45) is 11.3 Å². The van der Waals surface area contributed by atoms with Gasteiger partial charge in [-0.3, -0.25) is 0 Å². The van der Waals surface area contributed by atoms with Gasteiger partial charge in [0, 0.05) is 5.41 Å². The highest BCUT2D eigenvalue weighted by Crippen LogP contribution is 2.55. The molecule has 1 fully saturated rings. The van der Waals surface area contributed by atoms with Crippen LogP contribution in [-0.4, -0.2) is 19.8 Å². The van der Waals surface area contributed by atoms with E-state index in [-0.39, 0.29) is 5.41 Å². The molecule has 14 heavy (non-hydrogen) atoms. The van der Waals surface area contributed by atoms with E-state index in [0.717, 1.165) is 0 Å². The summed E-state index contributed by atoms with van der Waals surface area (Å²) in [7, 11) is 0. The number of hydrogen-bond acceptors (Lipinski definition) is 4. The van der Waals surface area contributed by atoms with Crippen LogP contribution in [0.15, 0.2) is 0 Å². The second-order valence-corrected chi connectivity index (χ2v) is 7.86. The van der Waals surface area contributed by atoms with Crippen LogP contribution >= 0.6 is 6.72 Å². The monoisotopic (exact) mass is 238 g/mol. The first kappa shape index (κ1) is 12.6. The maximum atomic E-state index is 5.51. The lowest BCUT2D eigenvalue weighted by molar-refractivity contribution is 0.0230. The van der Waals surface area contributed by atoms with Crippen LogP contribution in [0.5, 0.6) is 0 Å². The molecular formula is C9H19O3PS. The molecule has 0 aromatic heterocycles. The van der Waals surface area contributed by atoms with Gasteiger partial charge < -0.3 is 13.6 Å². The first-order valence-electron chi connectivity index (χ1n) is 4.87. The molecule has 0 amide bonds. The first-order chi connectivity index (χ1) is 6.33. The van der Waals surface area contributed by atoms with Gasteiger partial charge in [0.2, 0.25) is 0 Å². The molecule has 0 aliphatic carbocycles. The van der Waals surface area contributed by atoms with Gasteiger partial charge in [0.15, 0.2) is 0 Å². The second kappa shape index (κ2) is 4.58. The van der Waals surface area contributed by atoms with Gasteiger partial charge in [-0.1, -0.05) is 27.7 Å². The summed E-state index contributed by atoms with van der Waals surface area (Å²) in [6.45, 7) is 7.79.